The van der Waals surface area contributed by atoms with Gasteiger partial charge >= 0.3 is 0 Å². The molecule has 0 aliphatic rings. The van der Waals surface area contributed by atoms with Gasteiger partial charge in [0.05, 0.1) is 6.54 Å². The van der Waals surface area contributed by atoms with E-state index in [0.29, 0.717) is 18.7 Å². The summed E-state index contributed by atoms with van der Waals surface area (Å²) in [7, 11) is 0. The van der Waals surface area contributed by atoms with E-state index < -0.39 is 0 Å². The maximum absolute atomic E-state index is 13.7. The molecule has 1 atom stereocenters. The Bertz CT molecular complexity index is 405. The van der Waals surface area contributed by atoms with Gasteiger partial charge in [0, 0.05) is 24.7 Å². The second kappa shape index (κ2) is 7.89. The zero-order chi connectivity index (χ0) is 14.3. The van der Waals surface area contributed by atoms with Crippen LogP contribution in [0.4, 0.5) is 4.39 Å². The first-order valence-corrected chi connectivity index (χ1v) is 6.89. The van der Waals surface area contributed by atoms with Gasteiger partial charge in [-0.25, -0.2) is 4.39 Å². The Balaban J connectivity index is 2.64. The lowest BCUT2D eigenvalue weighted by Gasteiger charge is -2.22. The number of carbonyl (C=O) groups is 1. The third kappa shape index (κ3) is 4.31. The number of nitrogens with one attached hydrogen (secondary N) is 1. The summed E-state index contributed by atoms with van der Waals surface area (Å²) in [6, 6.07) is 6.58. The fourth-order valence-electron chi connectivity index (χ4n) is 2.13. The molecule has 0 aromatic heterocycles. The number of nitrogens with zero attached hydrogens (tertiary/aromatic N) is 1. The van der Waals surface area contributed by atoms with Gasteiger partial charge in [0.1, 0.15) is 5.82 Å². The van der Waals surface area contributed by atoms with Crippen LogP contribution < -0.4 is 5.32 Å². The Hall–Kier alpha value is -1.42. The van der Waals surface area contributed by atoms with E-state index in [1.165, 1.54) is 6.07 Å². The molecule has 106 valence electrons. The zero-order valence-corrected chi connectivity index (χ0v) is 11.9. The molecule has 0 bridgehead atoms. The smallest absolute Gasteiger partial charge is 0.236 e. The first kappa shape index (κ1) is 15.6. The van der Waals surface area contributed by atoms with Crippen molar-refractivity contribution in [3.8, 4) is 0 Å². The Kier molecular flexibility index (Phi) is 6.50. The second-order valence-electron chi connectivity index (χ2n) is 4.43. The third-order valence-corrected chi connectivity index (χ3v) is 3.30. The third-order valence-electron chi connectivity index (χ3n) is 3.30. The summed E-state index contributed by atoms with van der Waals surface area (Å²) in [4.78, 5) is 13.7. The van der Waals surface area contributed by atoms with Gasteiger partial charge in [0.2, 0.25) is 5.91 Å². The van der Waals surface area contributed by atoms with Crippen LogP contribution in [0.1, 0.15) is 38.8 Å². The van der Waals surface area contributed by atoms with Crippen LogP contribution in [0.25, 0.3) is 0 Å². The molecule has 0 fully saturated rings. The van der Waals surface area contributed by atoms with Crippen molar-refractivity contribution < 1.29 is 9.18 Å². The lowest BCUT2D eigenvalue weighted by molar-refractivity contribution is -0.130. The molecule has 3 nitrogen and oxygen atoms in total. The Labute approximate surface area is 114 Å². The summed E-state index contributed by atoms with van der Waals surface area (Å²) in [5.74, 6) is -0.170. The largest absolute Gasteiger partial charge is 0.342 e. The highest BCUT2D eigenvalue weighted by Crippen LogP contribution is 2.19. The van der Waals surface area contributed by atoms with E-state index in [-0.39, 0.29) is 24.3 Å². The van der Waals surface area contributed by atoms with Gasteiger partial charge in [-0.15, -0.1) is 0 Å². The Morgan fingerprint density at radius 2 is 1.89 bits per heavy atom. The van der Waals surface area contributed by atoms with E-state index in [1.807, 2.05) is 26.8 Å². The van der Waals surface area contributed by atoms with Crippen molar-refractivity contribution in [2.45, 2.75) is 33.2 Å². The van der Waals surface area contributed by atoms with E-state index >= 15 is 0 Å². The van der Waals surface area contributed by atoms with Crippen LogP contribution in [0.3, 0.4) is 0 Å². The van der Waals surface area contributed by atoms with E-state index in [4.69, 9.17) is 0 Å². The van der Waals surface area contributed by atoms with E-state index in [1.54, 1.807) is 17.0 Å². The van der Waals surface area contributed by atoms with Crippen LogP contribution in [0.5, 0.6) is 0 Å². The molecule has 1 unspecified atom stereocenters. The van der Waals surface area contributed by atoms with E-state index in [9.17, 15) is 9.18 Å². The SMILES string of the molecule is CCC(NCC(=O)N(CC)CC)c1ccccc1F. The molecule has 1 rings (SSSR count). The highest BCUT2D eigenvalue weighted by Gasteiger charge is 2.16. The first-order chi connectivity index (χ1) is 9.13. The van der Waals surface area contributed by atoms with Crippen molar-refractivity contribution in [2.75, 3.05) is 19.6 Å². The van der Waals surface area contributed by atoms with Crippen molar-refractivity contribution in [1.82, 2.24) is 10.2 Å². The number of halogens is 1. The highest BCUT2D eigenvalue weighted by atomic mass is 19.1. The van der Waals surface area contributed by atoms with Crippen molar-refractivity contribution in [1.29, 1.82) is 0 Å². The number of hydrogen-bond donors (Lipinski definition) is 1. The molecule has 0 saturated carbocycles. The molecule has 0 heterocycles. The summed E-state index contributed by atoms with van der Waals surface area (Å²) >= 11 is 0. The van der Waals surface area contributed by atoms with Crippen LogP contribution >= 0.6 is 0 Å². The molecule has 0 aliphatic carbocycles. The molecule has 4 heteroatoms. The van der Waals surface area contributed by atoms with Crippen molar-refractivity contribution in [2.24, 2.45) is 0 Å². The fraction of sp³-hybridized carbons (Fsp3) is 0.533. The standard InChI is InChI=1S/C15H23FN2O/c1-4-14(12-9-7-8-10-13(12)16)17-11-15(19)18(5-2)6-3/h7-10,14,17H,4-6,11H2,1-3H3. The van der Waals surface area contributed by atoms with Gasteiger partial charge in [-0.1, -0.05) is 25.1 Å². The predicted molar refractivity (Wildman–Crippen MR) is 75.4 cm³/mol. The summed E-state index contributed by atoms with van der Waals surface area (Å²) < 4.78 is 13.7. The molecule has 0 spiro atoms. The Morgan fingerprint density at radius 3 is 2.42 bits per heavy atom. The fourth-order valence-corrected chi connectivity index (χ4v) is 2.13. The minimum absolute atomic E-state index is 0.0554. The normalized spacial score (nSPS) is 12.2. The number of rotatable bonds is 7. The lowest BCUT2D eigenvalue weighted by Crippen LogP contribution is -2.39. The van der Waals surface area contributed by atoms with E-state index in [2.05, 4.69) is 5.32 Å². The quantitative estimate of drug-likeness (QED) is 0.823. The van der Waals surface area contributed by atoms with Gasteiger partial charge in [-0.2, -0.15) is 0 Å². The van der Waals surface area contributed by atoms with Gasteiger partial charge in [0.25, 0.3) is 0 Å². The van der Waals surface area contributed by atoms with Crippen LogP contribution in [0.2, 0.25) is 0 Å². The second-order valence-corrected chi connectivity index (χ2v) is 4.43. The predicted octanol–water partition coefficient (Wildman–Crippen LogP) is 2.73. The summed E-state index contributed by atoms with van der Waals surface area (Å²) in [5, 5.41) is 3.14. The molecule has 1 aromatic rings. The number of benzene rings is 1. The Morgan fingerprint density at radius 1 is 1.26 bits per heavy atom. The zero-order valence-electron chi connectivity index (χ0n) is 11.9. The molecular weight excluding hydrogens is 243 g/mol. The summed E-state index contributed by atoms with van der Waals surface area (Å²) in [6.07, 6.45) is 0.743. The number of amides is 1. The van der Waals surface area contributed by atoms with Crippen LogP contribution in [-0.4, -0.2) is 30.4 Å². The molecule has 0 saturated heterocycles. The first-order valence-electron chi connectivity index (χ1n) is 6.89. The summed E-state index contributed by atoms with van der Waals surface area (Å²) in [6.45, 7) is 7.53. The number of carbonyl (C=O) groups excluding carboxylic acids is 1. The van der Waals surface area contributed by atoms with Gasteiger partial charge in [-0.3, -0.25) is 4.79 Å². The average molecular weight is 266 g/mol. The summed E-state index contributed by atoms with van der Waals surface area (Å²) in [5.41, 5.74) is 0.623. The molecule has 0 radical (unpaired) electrons. The molecule has 1 aromatic carbocycles. The minimum atomic E-state index is -0.225. The molecular formula is C15H23FN2O. The van der Waals surface area contributed by atoms with Crippen LogP contribution in [0.15, 0.2) is 24.3 Å². The maximum atomic E-state index is 13.7. The van der Waals surface area contributed by atoms with Crippen LogP contribution in [0, 0.1) is 5.82 Å². The maximum Gasteiger partial charge on any atom is 0.236 e. The number of hydrogen-bond acceptors (Lipinski definition) is 2. The highest BCUT2D eigenvalue weighted by molar-refractivity contribution is 5.78. The van der Waals surface area contributed by atoms with Crippen molar-refractivity contribution in [3.05, 3.63) is 35.6 Å². The molecule has 1 N–H and O–H groups in total. The molecule has 0 aliphatic heterocycles. The van der Waals surface area contributed by atoms with Gasteiger partial charge in [-0.05, 0) is 26.3 Å². The van der Waals surface area contributed by atoms with E-state index in [0.717, 1.165) is 6.42 Å². The lowest BCUT2D eigenvalue weighted by atomic mass is 10.0. The van der Waals surface area contributed by atoms with Gasteiger partial charge in [0.15, 0.2) is 0 Å². The number of likely N-dealkylation sites (N-methyl/N-ethyl adjacent to an activating group) is 1. The van der Waals surface area contributed by atoms with Crippen molar-refractivity contribution >= 4 is 5.91 Å². The van der Waals surface area contributed by atoms with Crippen molar-refractivity contribution in [3.63, 3.8) is 0 Å². The minimum Gasteiger partial charge on any atom is -0.342 e. The topological polar surface area (TPSA) is 32.3 Å². The molecule has 19 heavy (non-hydrogen) atoms. The molecule has 1 amide bonds. The average Bonchev–Trinajstić information content (AvgIpc) is 2.42. The van der Waals surface area contributed by atoms with Gasteiger partial charge < -0.3 is 10.2 Å². The monoisotopic (exact) mass is 266 g/mol. The van der Waals surface area contributed by atoms with Crippen LogP contribution in [-0.2, 0) is 4.79 Å².